The third-order valence-electron chi connectivity index (χ3n) is 2.95. The lowest BCUT2D eigenvalue weighted by atomic mass is 10.2. The van der Waals surface area contributed by atoms with E-state index in [1.807, 2.05) is 0 Å². The van der Waals surface area contributed by atoms with Gasteiger partial charge in [-0.1, -0.05) is 43.2 Å². The number of hydrogen-bond donors (Lipinski definition) is 0. The first kappa shape index (κ1) is 12.5. The maximum atomic E-state index is 2.59. The fourth-order valence-electron chi connectivity index (χ4n) is 2.14. The number of nitrogens with zero attached hydrogens (tertiary/aromatic N) is 1. The van der Waals surface area contributed by atoms with Crippen LogP contribution >= 0.6 is 12.4 Å². The first-order chi connectivity index (χ1) is 6.95. The van der Waals surface area contributed by atoms with Crippen molar-refractivity contribution >= 4 is 12.4 Å². The third-order valence-corrected chi connectivity index (χ3v) is 2.95. The summed E-state index contributed by atoms with van der Waals surface area (Å²) in [6.07, 6.45) is 5.61. The van der Waals surface area contributed by atoms with Gasteiger partial charge in [-0.05, 0) is 31.5 Å². The molecule has 1 saturated heterocycles. The minimum absolute atomic E-state index is 0. The van der Waals surface area contributed by atoms with Crippen molar-refractivity contribution < 1.29 is 0 Å². The minimum Gasteiger partial charge on any atom is -0.299 e. The molecule has 0 atom stereocenters. The van der Waals surface area contributed by atoms with Gasteiger partial charge in [-0.2, -0.15) is 0 Å². The highest BCUT2D eigenvalue weighted by molar-refractivity contribution is 5.85. The zero-order valence-electron chi connectivity index (χ0n) is 9.19. The highest BCUT2D eigenvalue weighted by Gasteiger charge is 2.08. The second-order valence-corrected chi connectivity index (χ2v) is 4.18. The van der Waals surface area contributed by atoms with Crippen LogP contribution in [0.2, 0.25) is 0 Å². The van der Waals surface area contributed by atoms with E-state index in [0.29, 0.717) is 0 Å². The molecule has 0 saturated carbocycles. The molecule has 0 spiro atoms. The van der Waals surface area contributed by atoms with Crippen molar-refractivity contribution in [2.75, 3.05) is 13.1 Å². The summed E-state index contributed by atoms with van der Waals surface area (Å²) in [5, 5.41) is 0. The van der Waals surface area contributed by atoms with E-state index >= 15 is 0 Å². The average molecular weight is 226 g/mol. The molecule has 1 aliphatic rings. The highest BCUT2D eigenvalue weighted by Crippen LogP contribution is 2.12. The van der Waals surface area contributed by atoms with Crippen molar-refractivity contribution in [2.45, 2.75) is 32.2 Å². The van der Waals surface area contributed by atoms with Gasteiger partial charge in [0.1, 0.15) is 0 Å². The summed E-state index contributed by atoms with van der Waals surface area (Å²) >= 11 is 0. The van der Waals surface area contributed by atoms with Crippen molar-refractivity contribution in [1.29, 1.82) is 0 Å². The van der Waals surface area contributed by atoms with Crippen LogP contribution in [0.15, 0.2) is 30.3 Å². The van der Waals surface area contributed by atoms with Crippen molar-refractivity contribution in [3.8, 4) is 0 Å². The van der Waals surface area contributed by atoms with E-state index in [4.69, 9.17) is 0 Å². The van der Waals surface area contributed by atoms with Gasteiger partial charge in [0.25, 0.3) is 0 Å². The number of hydrogen-bond acceptors (Lipinski definition) is 1. The second-order valence-electron chi connectivity index (χ2n) is 4.18. The van der Waals surface area contributed by atoms with E-state index in [0.717, 1.165) is 6.54 Å². The Labute approximate surface area is 98.9 Å². The molecule has 1 aromatic carbocycles. The van der Waals surface area contributed by atoms with Gasteiger partial charge in [0.05, 0.1) is 0 Å². The average Bonchev–Trinajstić information content (AvgIpc) is 2.48. The Morgan fingerprint density at radius 2 is 1.47 bits per heavy atom. The summed E-state index contributed by atoms with van der Waals surface area (Å²) in [6.45, 7) is 3.71. The van der Waals surface area contributed by atoms with Crippen molar-refractivity contribution in [1.82, 2.24) is 4.90 Å². The Balaban J connectivity index is 0.00000112. The molecule has 1 aliphatic heterocycles. The van der Waals surface area contributed by atoms with E-state index in [1.165, 1.54) is 44.3 Å². The molecule has 0 N–H and O–H groups in total. The van der Waals surface area contributed by atoms with Gasteiger partial charge in [-0.15, -0.1) is 12.4 Å². The van der Waals surface area contributed by atoms with Gasteiger partial charge in [-0.25, -0.2) is 0 Å². The Morgan fingerprint density at radius 1 is 0.867 bits per heavy atom. The first-order valence-electron chi connectivity index (χ1n) is 5.71. The maximum Gasteiger partial charge on any atom is 0.0233 e. The summed E-state index contributed by atoms with van der Waals surface area (Å²) in [5.74, 6) is 0. The summed E-state index contributed by atoms with van der Waals surface area (Å²) in [5.41, 5.74) is 1.45. The molecule has 84 valence electrons. The monoisotopic (exact) mass is 225 g/mol. The van der Waals surface area contributed by atoms with E-state index < -0.39 is 0 Å². The van der Waals surface area contributed by atoms with E-state index in [1.54, 1.807) is 0 Å². The zero-order valence-corrected chi connectivity index (χ0v) is 10.0. The van der Waals surface area contributed by atoms with Crippen molar-refractivity contribution in [3.63, 3.8) is 0 Å². The van der Waals surface area contributed by atoms with Crippen LogP contribution in [0.1, 0.15) is 31.2 Å². The Hall–Kier alpha value is -0.530. The Bertz CT molecular complexity index is 252. The molecule has 15 heavy (non-hydrogen) atoms. The SMILES string of the molecule is Cl.c1ccc(CN2CCCCCC2)cc1. The van der Waals surface area contributed by atoms with Crippen LogP contribution in [0.3, 0.4) is 0 Å². The molecule has 1 nitrogen and oxygen atoms in total. The van der Waals surface area contributed by atoms with Crippen molar-refractivity contribution in [2.24, 2.45) is 0 Å². The smallest absolute Gasteiger partial charge is 0.0233 e. The van der Waals surface area contributed by atoms with Crippen LogP contribution in [0.5, 0.6) is 0 Å². The topological polar surface area (TPSA) is 3.24 Å². The molecule has 0 unspecified atom stereocenters. The van der Waals surface area contributed by atoms with Gasteiger partial charge in [0.2, 0.25) is 0 Å². The van der Waals surface area contributed by atoms with E-state index in [2.05, 4.69) is 35.2 Å². The highest BCUT2D eigenvalue weighted by atomic mass is 35.5. The normalized spacial score (nSPS) is 17.9. The summed E-state index contributed by atoms with van der Waals surface area (Å²) in [4.78, 5) is 2.59. The summed E-state index contributed by atoms with van der Waals surface area (Å²) in [7, 11) is 0. The predicted octanol–water partition coefficient (Wildman–Crippen LogP) is 3.48. The molecule has 1 fully saturated rings. The molecule has 1 heterocycles. The quantitative estimate of drug-likeness (QED) is 0.745. The second kappa shape index (κ2) is 6.86. The van der Waals surface area contributed by atoms with Crippen LogP contribution in [-0.4, -0.2) is 18.0 Å². The number of rotatable bonds is 2. The van der Waals surface area contributed by atoms with Crippen LogP contribution in [0.25, 0.3) is 0 Å². The molecular formula is C13H20ClN. The summed E-state index contributed by atoms with van der Waals surface area (Å²) in [6, 6.07) is 10.8. The zero-order chi connectivity index (χ0) is 9.64. The Kier molecular flexibility index (Phi) is 5.74. The fraction of sp³-hybridized carbons (Fsp3) is 0.538. The van der Waals surface area contributed by atoms with Crippen LogP contribution in [0, 0.1) is 0 Å². The number of halogens is 1. The lowest BCUT2D eigenvalue weighted by Crippen LogP contribution is -2.23. The first-order valence-corrected chi connectivity index (χ1v) is 5.71. The lowest BCUT2D eigenvalue weighted by molar-refractivity contribution is 0.277. The molecule has 0 amide bonds. The third kappa shape index (κ3) is 4.23. The molecule has 2 heteroatoms. The van der Waals surface area contributed by atoms with Crippen LogP contribution < -0.4 is 0 Å². The molecular weight excluding hydrogens is 206 g/mol. The maximum absolute atomic E-state index is 2.59. The predicted molar refractivity (Wildman–Crippen MR) is 67.4 cm³/mol. The number of benzene rings is 1. The largest absolute Gasteiger partial charge is 0.299 e. The molecule has 0 aromatic heterocycles. The van der Waals surface area contributed by atoms with Gasteiger partial charge < -0.3 is 0 Å². The van der Waals surface area contributed by atoms with Crippen molar-refractivity contribution in [3.05, 3.63) is 35.9 Å². The molecule has 2 rings (SSSR count). The van der Waals surface area contributed by atoms with Gasteiger partial charge in [0, 0.05) is 6.54 Å². The Morgan fingerprint density at radius 3 is 2.07 bits per heavy atom. The molecule has 1 aromatic rings. The van der Waals surface area contributed by atoms with E-state index in [9.17, 15) is 0 Å². The standard InChI is InChI=1S/C13H19N.ClH/c1-2-7-11-14(10-6-1)12-13-8-4-3-5-9-13;/h3-5,8-9H,1-2,6-7,10-12H2;1H. The number of likely N-dealkylation sites (tertiary alicyclic amines) is 1. The molecule has 0 bridgehead atoms. The van der Waals surface area contributed by atoms with Gasteiger partial charge >= 0.3 is 0 Å². The van der Waals surface area contributed by atoms with E-state index in [-0.39, 0.29) is 12.4 Å². The summed E-state index contributed by atoms with van der Waals surface area (Å²) < 4.78 is 0. The lowest BCUT2D eigenvalue weighted by Gasteiger charge is -2.19. The molecule has 0 aliphatic carbocycles. The van der Waals surface area contributed by atoms with Gasteiger partial charge in [0.15, 0.2) is 0 Å². The van der Waals surface area contributed by atoms with Crippen LogP contribution in [0.4, 0.5) is 0 Å². The molecule has 0 radical (unpaired) electrons. The minimum atomic E-state index is 0. The fourth-order valence-corrected chi connectivity index (χ4v) is 2.14. The van der Waals surface area contributed by atoms with Crippen LogP contribution in [-0.2, 0) is 6.54 Å². The van der Waals surface area contributed by atoms with Gasteiger partial charge in [-0.3, -0.25) is 4.90 Å².